The Balaban J connectivity index is 1.57. The minimum absolute atomic E-state index is 0.160. The number of hydrogen-bond donors (Lipinski definition) is 2. The fourth-order valence-electron chi connectivity index (χ4n) is 2.61. The molecule has 11 heteroatoms. The highest BCUT2D eigenvalue weighted by Gasteiger charge is 2.30. The summed E-state index contributed by atoms with van der Waals surface area (Å²) >= 11 is 0. The number of amides is 1. The Morgan fingerprint density at radius 1 is 1.07 bits per heavy atom. The van der Waals surface area contributed by atoms with Crippen molar-refractivity contribution in [2.45, 2.75) is 24.0 Å². The molecule has 0 aliphatic rings. The van der Waals surface area contributed by atoms with Gasteiger partial charge in [-0.25, -0.2) is 18.1 Å². The average Bonchev–Trinajstić information content (AvgIpc) is 3.08. The third-order valence-corrected chi connectivity index (χ3v) is 5.44. The predicted octanol–water partition coefficient (Wildman–Crippen LogP) is 2.91. The second kappa shape index (κ2) is 8.21. The maximum atomic E-state index is 12.2. The summed E-state index contributed by atoms with van der Waals surface area (Å²) in [6, 6.07) is 12.4. The highest BCUT2D eigenvalue weighted by Crippen LogP contribution is 2.18. The second-order valence-corrected chi connectivity index (χ2v) is 7.96. The summed E-state index contributed by atoms with van der Waals surface area (Å²) in [4.78, 5) is 16.1. The van der Waals surface area contributed by atoms with E-state index in [-0.39, 0.29) is 17.2 Å². The van der Waals surface area contributed by atoms with Gasteiger partial charge in [0.05, 0.1) is 22.3 Å². The van der Waals surface area contributed by atoms with Gasteiger partial charge in [0.15, 0.2) is 0 Å². The summed E-state index contributed by atoms with van der Waals surface area (Å²) in [5, 5.41) is 2.62. The number of aryl methyl sites for hydroxylation is 1. The summed E-state index contributed by atoms with van der Waals surface area (Å²) in [5.41, 5.74) is 2.06. The Bertz CT molecular complexity index is 1110. The molecule has 154 valence electrons. The van der Waals surface area contributed by atoms with Crippen LogP contribution in [0.4, 0.5) is 18.9 Å². The summed E-state index contributed by atoms with van der Waals surface area (Å²) in [5.74, 6) is -0.298. The molecule has 2 N–H and O–H groups in total. The predicted molar refractivity (Wildman–Crippen MR) is 101 cm³/mol. The van der Waals surface area contributed by atoms with Crippen LogP contribution in [0.25, 0.3) is 11.0 Å². The fourth-order valence-corrected chi connectivity index (χ4v) is 3.63. The number of benzene rings is 2. The van der Waals surface area contributed by atoms with Crippen molar-refractivity contribution in [2.24, 2.45) is 0 Å². The van der Waals surface area contributed by atoms with E-state index in [9.17, 15) is 26.4 Å². The van der Waals surface area contributed by atoms with Crippen molar-refractivity contribution < 1.29 is 26.4 Å². The molecule has 0 aliphatic heterocycles. The highest BCUT2D eigenvalue weighted by atomic mass is 32.2. The molecule has 0 spiro atoms. The van der Waals surface area contributed by atoms with Crippen LogP contribution >= 0.6 is 0 Å². The summed E-state index contributed by atoms with van der Waals surface area (Å²) < 4.78 is 63.6. The number of hydrogen-bond acceptors (Lipinski definition) is 4. The van der Waals surface area contributed by atoms with Crippen LogP contribution in [0.3, 0.4) is 0 Å². The monoisotopic (exact) mass is 426 g/mol. The molecule has 7 nitrogen and oxygen atoms in total. The SMILES string of the molecule is O=C(CCn1cnc2ccccc21)Nc1ccc(S(=O)(=O)NCC(F)(F)F)cc1. The molecule has 0 fully saturated rings. The number of halogens is 3. The van der Waals surface area contributed by atoms with Crippen LogP contribution in [0.2, 0.25) is 0 Å². The van der Waals surface area contributed by atoms with E-state index in [1.165, 1.54) is 16.9 Å². The van der Waals surface area contributed by atoms with Crippen LogP contribution in [0.5, 0.6) is 0 Å². The molecule has 3 rings (SSSR count). The number of anilines is 1. The Morgan fingerprint density at radius 2 is 1.76 bits per heavy atom. The van der Waals surface area contributed by atoms with Crippen molar-refractivity contribution in [3.63, 3.8) is 0 Å². The van der Waals surface area contributed by atoms with E-state index in [0.717, 1.165) is 23.2 Å². The van der Waals surface area contributed by atoms with E-state index in [0.29, 0.717) is 12.2 Å². The number of nitrogens with zero attached hydrogens (tertiary/aromatic N) is 2. The van der Waals surface area contributed by atoms with Gasteiger partial charge in [-0.1, -0.05) is 12.1 Å². The molecular weight excluding hydrogens is 409 g/mol. The number of sulfonamides is 1. The molecule has 0 radical (unpaired) electrons. The van der Waals surface area contributed by atoms with Crippen molar-refractivity contribution in [1.29, 1.82) is 0 Å². The molecule has 0 bridgehead atoms. The van der Waals surface area contributed by atoms with Crippen molar-refractivity contribution in [3.8, 4) is 0 Å². The summed E-state index contributed by atoms with van der Waals surface area (Å²) in [7, 11) is -4.29. The van der Waals surface area contributed by atoms with Gasteiger partial charge in [-0.05, 0) is 36.4 Å². The van der Waals surface area contributed by atoms with E-state index < -0.39 is 22.7 Å². The van der Waals surface area contributed by atoms with Gasteiger partial charge in [-0.2, -0.15) is 13.2 Å². The molecule has 0 aliphatic carbocycles. The van der Waals surface area contributed by atoms with Gasteiger partial charge in [-0.15, -0.1) is 0 Å². The lowest BCUT2D eigenvalue weighted by atomic mass is 10.3. The minimum atomic E-state index is -4.65. The van der Waals surface area contributed by atoms with Crippen molar-refractivity contribution >= 4 is 32.7 Å². The molecule has 29 heavy (non-hydrogen) atoms. The van der Waals surface area contributed by atoms with Gasteiger partial charge in [0, 0.05) is 18.7 Å². The van der Waals surface area contributed by atoms with Gasteiger partial charge in [0.25, 0.3) is 0 Å². The lowest BCUT2D eigenvalue weighted by Crippen LogP contribution is -2.33. The van der Waals surface area contributed by atoms with Crippen molar-refractivity contribution in [1.82, 2.24) is 14.3 Å². The number of alkyl halides is 3. The number of imidazole rings is 1. The smallest absolute Gasteiger partial charge is 0.330 e. The molecule has 0 atom stereocenters. The van der Waals surface area contributed by atoms with Crippen molar-refractivity contribution in [3.05, 3.63) is 54.9 Å². The average molecular weight is 426 g/mol. The molecule has 3 aromatic rings. The normalized spacial score (nSPS) is 12.2. The second-order valence-electron chi connectivity index (χ2n) is 6.19. The van der Waals surface area contributed by atoms with E-state index in [1.807, 2.05) is 28.8 Å². The third-order valence-electron chi connectivity index (χ3n) is 4.02. The van der Waals surface area contributed by atoms with Crippen LogP contribution in [-0.4, -0.2) is 36.6 Å². The molecule has 0 saturated carbocycles. The van der Waals surface area contributed by atoms with E-state index >= 15 is 0 Å². The van der Waals surface area contributed by atoms with Gasteiger partial charge in [0.1, 0.15) is 6.54 Å². The number of carbonyl (C=O) groups is 1. The van der Waals surface area contributed by atoms with Crippen LogP contribution in [0.15, 0.2) is 59.8 Å². The van der Waals surface area contributed by atoms with E-state index in [4.69, 9.17) is 0 Å². The first-order chi connectivity index (χ1) is 13.6. The van der Waals surface area contributed by atoms with Gasteiger partial charge >= 0.3 is 6.18 Å². The summed E-state index contributed by atoms with van der Waals surface area (Å²) in [6.45, 7) is -1.25. The minimum Gasteiger partial charge on any atom is -0.330 e. The molecule has 2 aromatic carbocycles. The molecule has 1 amide bonds. The zero-order valence-electron chi connectivity index (χ0n) is 15.0. The first-order valence-corrected chi connectivity index (χ1v) is 9.99. The lowest BCUT2D eigenvalue weighted by molar-refractivity contribution is -0.121. The first-order valence-electron chi connectivity index (χ1n) is 8.50. The fraction of sp³-hybridized carbons (Fsp3) is 0.222. The largest absolute Gasteiger partial charge is 0.402 e. The standard InChI is InChI=1S/C18H17F3N4O3S/c19-18(20,21)11-23-29(27,28)14-7-5-13(6-8-14)24-17(26)9-10-25-12-22-15-3-1-2-4-16(15)25/h1-8,12,23H,9-11H2,(H,24,26). The molecule has 0 unspecified atom stereocenters. The lowest BCUT2D eigenvalue weighted by Gasteiger charge is -2.10. The quantitative estimate of drug-likeness (QED) is 0.608. The maximum Gasteiger partial charge on any atom is 0.402 e. The third kappa shape index (κ3) is 5.55. The number of carbonyl (C=O) groups excluding carboxylic acids is 1. The number of fused-ring (bicyclic) bond motifs is 1. The Morgan fingerprint density at radius 3 is 2.45 bits per heavy atom. The number of para-hydroxylation sites is 2. The molecule has 1 aromatic heterocycles. The van der Waals surface area contributed by atoms with Crippen LogP contribution in [0, 0.1) is 0 Å². The van der Waals surface area contributed by atoms with Crippen LogP contribution < -0.4 is 10.0 Å². The Kier molecular flexibility index (Phi) is 5.89. The topological polar surface area (TPSA) is 93.1 Å². The van der Waals surface area contributed by atoms with E-state index in [1.54, 1.807) is 6.33 Å². The Labute approximate surface area is 164 Å². The number of nitrogens with one attached hydrogen (secondary N) is 2. The number of rotatable bonds is 7. The van der Waals surface area contributed by atoms with Gasteiger partial charge in [0.2, 0.25) is 15.9 Å². The zero-order valence-corrected chi connectivity index (χ0v) is 15.8. The first kappa shape index (κ1) is 20.8. The molecule has 1 heterocycles. The molecular formula is C18H17F3N4O3S. The zero-order chi connectivity index (χ0) is 21.1. The highest BCUT2D eigenvalue weighted by molar-refractivity contribution is 7.89. The van der Waals surface area contributed by atoms with Crippen LogP contribution in [-0.2, 0) is 21.4 Å². The Hall–Kier alpha value is -2.92. The van der Waals surface area contributed by atoms with Gasteiger partial charge in [-0.3, -0.25) is 4.79 Å². The van der Waals surface area contributed by atoms with Crippen LogP contribution in [0.1, 0.15) is 6.42 Å². The maximum absolute atomic E-state index is 12.2. The summed E-state index contributed by atoms with van der Waals surface area (Å²) in [6.07, 6.45) is -2.85. The number of aromatic nitrogens is 2. The molecule has 0 saturated heterocycles. The van der Waals surface area contributed by atoms with E-state index in [2.05, 4.69) is 10.3 Å². The van der Waals surface area contributed by atoms with Crippen molar-refractivity contribution in [2.75, 3.05) is 11.9 Å². The van der Waals surface area contributed by atoms with Gasteiger partial charge < -0.3 is 9.88 Å².